The van der Waals surface area contributed by atoms with Gasteiger partial charge in [-0.05, 0) is 80.2 Å². The topological polar surface area (TPSA) is 34.8 Å². The third-order valence-electron chi connectivity index (χ3n) is 10.3. The number of fused-ring (bicyclic) bond motifs is 8. The lowest BCUT2D eigenvalue weighted by molar-refractivity contribution is 0.00578. The summed E-state index contributed by atoms with van der Waals surface area (Å²) in [6.07, 6.45) is 0. The fraction of sp³-hybridized carbons (Fsp3) is 0.143. The molecule has 4 nitrogen and oxygen atoms in total. The van der Waals surface area contributed by atoms with Gasteiger partial charge in [0.25, 0.3) is 0 Å². The SMILES string of the molecule is CC1(C)OB(c2ccc3c(c2)-c2ccccc2-c2ccccc2N3c2cccc(-c3cccc4c3oc3ccccc34)c2)OC1(C)C. The van der Waals surface area contributed by atoms with E-state index in [1.165, 1.54) is 16.7 Å². The number of hydrogen-bond donors (Lipinski definition) is 0. The molecule has 7 aromatic rings. The van der Waals surface area contributed by atoms with Crippen molar-refractivity contribution in [3.63, 3.8) is 0 Å². The van der Waals surface area contributed by atoms with Gasteiger partial charge in [-0.2, -0.15) is 0 Å². The number of hydrogen-bond acceptors (Lipinski definition) is 4. The smallest absolute Gasteiger partial charge is 0.455 e. The molecule has 0 aliphatic carbocycles. The molecule has 0 bridgehead atoms. The Morgan fingerprint density at radius 3 is 1.94 bits per heavy atom. The van der Waals surface area contributed by atoms with Crippen LogP contribution in [0, 0.1) is 0 Å². The van der Waals surface area contributed by atoms with E-state index in [2.05, 4.69) is 154 Å². The highest BCUT2D eigenvalue weighted by molar-refractivity contribution is 6.62. The van der Waals surface area contributed by atoms with Crippen LogP contribution in [0.4, 0.5) is 17.1 Å². The highest BCUT2D eigenvalue weighted by Crippen LogP contribution is 2.51. The van der Waals surface area contributed by atoms with Crippen molar-refractivity contribution >= 4 is 51.6 Å². The number of para-hydroxylation sites is 3. The highest BCUT2D eigenvalue weighted by atomic mass is 16.7. The van der Waals surface area contributed by atoms with E-state index in [9.17, 15) is 0 Å². The molecule has 6 aromatic carbocycles. The second-order valence-corrected chi connectivity index (χ2v) is 13.6. The molecule has 1 aromatic heterocycles. The van der Waals surface area contributed by atoms with Crippen molar-refractivity contribution in [3.8, 4) is 33.4 Å². The lowest BCUT2D eigenvalue weighted by Crippen LogP contribution is -2.41. The molecular formula is C42H34BNO3. The molecule has 1 fully saturated rings. The third kappa shape index (κ3) is 4.31. The van der Waals surface area contributed by atoms with Crippen LogP contribution in [-0.2, 0) is 9.31 Å². The van der Waals surface area contributed by atoms with Gasteiger partial charge in [-0.25, -0.2) is 0 Å². The normalized spacial score (nSPS) is 16.2. The Morgan fingerprint density at radius 1 is 0.511 bits per heavy atom. The first-order chi connectivity index (χ1) is 22.8. The summed E-state index contributed by atoms with van der Waals surface area (Å²) in [7, 11) is -0.454. The van der Waals surface area contributed by atoms with Crippen LogP contribution in [0.5, 0.6) is 0 Å². The summed E-state index contributed by atoms with van der Waals surface area (Å²) in [5, 5.41) is 2.26. The summed E-state index contributed by atoms with van der Waals surface area (Å²) in [4.78, 5) is 2.39. The first-order valence-corrected chi connectivity index (χ1v) is 16.3. The zero-order chi connectivity index (χ0) is 31.9. The quantitative estimate of drug-likeness (QED) is 0.186. The van der Waals surface area contributed by atoms with Gasteiger partial charge in [0.05, 0.1) is 22.6 Å². The standard InChI is InChI=1S/C42H34BNO3/c1-41(2)42(3,4)47-43(46-41)28-23-24-38-36(26-28)32-16-6-5-15-31(32)33-17-7-9-21-37(33)44(38)29-14-11-13-27(25-29)30-19-12-20-35-34-18-8-10-22-39(34)45-40(30)35/h5-26H,1-4H3. The molecule has 47 heavy (non-hydrogen) atoms. The van der Waals surface area contributed by atoms with Crippen molar-refractivity contribution in [1.29, 1.82) is 0 Å². The Bertz CT molecular complexity index is 2340. The van der Waals surface area contributed by atoms with Crippen molar-refractivity contribution in [1.82, 2.24) is 0 Å². The van der Waals surface area contributed by atoms with Crippen LogP contribution in [0.1, 0.15) is 27.7 Å². The summed E-state index contributed by atoms with van der Waals surface area (Å²) in [6.45, 7) is 8.40. The number of benzene rings is 6. The molecule has 0 spiro atoms. The number of rotatable bonds is 3. The second kappa shape index (κ2) is 10.2. The first-order valence-electron chi connectivity index (χ1n) is 16.3. The molecule has 2 aliphatic heterocycles. The lowest BCUT2D eigenvalue weighted by atomic mass is 9.77. The molecule has 5 heteroatoms. The maximum Gasteiger partial charge on any atom is 0.494 e. The largest absolute Gasteiger partial charge is 0.494 e. The van der Waals surface area contributed by atoms with Crippen LogP contribution >= 0.6 is 0 Å². The Morgan fingerprint density at radius 2 is 1.13 bits per heavy atom. The minimum absolute atomic E-state index is 0.423. The summed E-state index contributed by atoms with van der Waals surface area (Å²) in [5.41, 5.74) is 12.1. The van der Waals surface area contributed by atoms with Gasteiger partial charge in [0, 0.05) is 33.2 Å². The van der Waals surface area contributed by atoms with Gasteiger partial charge in [-0.3, -0.25) is 0 Å². The molecule has 228 valence electrons. The van der Waals surface area contributed by atoms with Gasteiger partial charge in [0.2, 0.25) is 0 Å². The molecule has 2 aliphatic rings. The molecule has 0 radical (unpaired) electrons. The second-order valence-electron chi connectivity index (χ2n) is 13.6. The molecule has 1 saturated heterocycles. The molecule has 9 rings (SSSR count). The van der Waals surface area contributed by atoms with Gasteiger partial charge >= 0.3 is 7.12 Å². The van der Waals surface area contributed by atoms with E-state index in [0.29, 0.717) is 0 Å². The average molecular weight is 612 g/mol. The van der Waals surface area contributed by atoms with Gasteiger partial charge < -0.3 is 18.6 Å². The zero-order valence-corrected chi connectivity index (χ0v) is 27.0. The van der Waals surface area contributed by atoms with Crippen molar-refractivity contribution in [2.45, 2.75) is 38.9 Å². The lowest BCUT2D eigenvalue weighted by Gasteiger charge is -2.32. The molecule has 0 N–H and O–H groups in total. The Balaban J connectivity index is 1.25. The monoisotopic (exact) mass is 611 g/mol. The molecule has 0 atom stereocenters. The maximum absolute atomic E-state index is 6.51. The minimum Gasteiger partial charge on any atom is -0.455 e. The number of furan rings is 1. The Hall–Kier alpha value is -5.10. The van der Waals surface area contributed by atoms with E-state index < -0.39 is 18.3 Å². The van der Waals surface area contributed by atoms with E-state index >= 15 is 0 Å². The van der Waals surface area contributed by atoms with Crippen molar-refractivity contribution in [2.24, 2.45) is 0 Å². The van der Waals surface area contributed by atoms with Crippen LogP contribution in [0.2, 0.25) is 0 Å². The van der Waals surface area contributed by atoms with Crippen LogP contribution in [0.15, 0.2) is 138 Å². The van der Waals surface area contributed by atoms with Crippen LogP contribution in [0.25, 0.3) is 55.3 Å². The van der Waals surface area contributed by atoms with Gasteiger partial charge in [-0.15, -0.1) is 0 Å². The minimum atomic E-state index is -0.454. The van der Waals surface area contributed by atoms with Crippen molar-refractivity contribution in [3.05, 3.63) is 133 Å². The van der Waals surface area contributed by atoms with Crippen LogP contribution < -0.4 is 10.4 Å². The zero-order valence-electron chi connectivity index (χ0n) is 27.0. The van der Waals surface area contributed by atoms with E-state index in [4.69, 9.17) is 13.7 Å². The van der Waals surface area contributed by atoms with E-state index in [-0.39, 0.29) is 0 Å². The summed E-state index contributed by atoms with van der Waals surface area (Å²) in [6, 6.07) is 47.5. The first kappa shape index (κ1) is 28.2. The predicted octanol–water partition coefficient (Wildman–Crippen LogP) is 10.7. The van der Waals surface area contributed by atoms with E-state index in [1.807, 2.05) is 12.1 Å². The maximum atomic E-state index is 6.51. The van der Waals surface area contributed by atoms with Crippen LogP contribution in [-0.4, -0.2) is 18.3 Å². The summed E-state index contributed by atoms with van der Waals surface area (Å²) < 4.78 is 19.5. The highest BCUT2D eigenvalue weighted by Gasteiger charge is 2.51. The Labute approximate surface area is 275 Å². The molecule has 0 saturated carbocycles. The Kier molecular flexibility index (Phi) is 6.11. The van der Waals surface area contributed by atoms with Gasteiger partial charge in [0.1, 0.15) is 11.2 Å². The predicted molar refractivity (Wildman–Crippen MR) is 194 cm³/mol. The summed E-state index contributed by atoms with van der Waals surface area (Å²) >= 11 is 0. The molecule has 0 unspecified atom stereocenters. The molecule has 3 heterocycles. The van der Waals surface area contributed by atoms with E-state index in [1.54, 1.807) is 0 Å². The van der Waals surface area contributed by atoms with Crippen LogP contribution in [0.3, 0.4) is 0 Å². The van der Waals surface area contributed by atoms with Crippen molar-refractivity contribution < 1.29 is 13.7 Å². The van der Waals surface area contributed by atoms with E-state index in [0.717, 1.165) is 61.2 Å². The summed E-state index contributed by atoms with van der Waals surface area (Å²) in [5.74, 6) is 0. The molecule has 0 amide bonds. The third-order valence-corrected chi connectivity index (χ3v) is 10.3. The number of nitrogens with zero attached hydrogens (tertiary/aromatic N) is 1. The number of anilines is 3. The fourth-order valence-electron chi connectivity index (χ4n) is 7.13. The fourth-order valence-corrected chi connectivity index (χ4v) is 7.13. The molecular weight excluding hydrogens is 577 g/mol. The van der Waals surface area contributed by atoms with Gasteiger partial charge in [0.15, 0.2) is 0 Å². The average Bonchev–Trinajstić information content (AvgIpc) is 3.53. The van der Waals surface area contributed by atoms with Gasteiger partial charge in [-0.1, -0.05) is 103 Å². The van der Waals surface area contributed by atoms with Crippen molar-refractivity contribution in [2.75, 3.05) is 4.90 Å².